The highest BCUT2D eigenvalue weighted by molar-refractivity contribution is 5.89. The number of amides is 2. The van der Waals surface area contributed by atoms with Crippen molar-refractivity contribution in [2.24, 2.45) is 4.99 Å². The molecule has 10 heteroatoms. The van der Waals surface area contributed by atoms with Crippen LogP contribution in [0.1, 0.15) is 5.69 Å². The topological polar surface area (TPSA) is 78.9 Å². The average Bonchev–Trinajstić information content (AvgIpc) is 2.63. The molecule has 0 fully saturated rings. The molecule has 7 nitrogen and oxygen atoms in total. The van der Waals surface area contributed by atoms with Crippen molar-refractivity contribution < 1.29 is 22.7 Å². The van der Waals surface area contributed by atoms with Crippen LogP contribution in [-0.4, -0.2) is 44.4 Å². The van der Waals surface area contributed by atoms with Crippen LogP contribution in [0.4, 0.5) is 29.5 Å². The predicted octanol–water partition coefficient (Wildman–Crippen LogP) is 3.44. The first-order chi connectivity index (χ1) is 13.3. The third kappa shape index (κ3) is 7.14. The normalized spacial score (nSPS) is 11.3. The number of benzene rings is 1. The average molecular weight is 395 g/mol. The molecule has 2 rings (SSSR count). The minimum atomic E-state index is -4.75. The van der Waals surface area contributed by atoms with Gasteiger partial charge in [-0.25, -0.2) is 9.78 Å². The number of aromatic nitrogens is 1. The largest absolute Gasteiger partial charge is 0.573 e. The number of anilines is 2. The standard InChI is InChI=1S/C18H20F3N5O2/c1-22-12-26(2)16-5-3-4-13(24-16)10-11-23-17(27)25-14-6-8-15(9-7-14)28-18(19,20)21/h3-9,12H,10-11H2,1-2H3,(H2,23,25,27). The van der Waals surface area contributed by atoms with Crippen molar-refractivity contribution in [2.75, 3.05) is 30.9 Å². The van der Waals surface area contributed by atoms with E-state index in [-0.39, 0.29) is 5.75 Å². The van der Waals surface area contributed by atoms with Crippen molar-refractivity contribution in [3.05, 3.63) is 48.2 Å². The summed E-state index contributed by atoms with van der Waals surface area (Å²) in [5.41, 5.74) is 1.13. The summed E-state index contributed by atoms with van der Waals surface area (Å²) >= 11 is 0. The molecule has 0 saturated carbocycles. The molecule has 150 valence electrons. The van der Waals surface area contributed by atoms with Crippen LogP contribution in [0.15, 0.2) is 47.5 Å². The second-order valence-corrected chi connectivity index (χ2v) is 5.67. The number of hydrogen-bond donors (Lipinski definition) is 2. The van der Waals surface area contributed by atoms with Crippen LogP contribution in [0.3, 0.4) is 0 Å². The molecule has 0 radical (unpaired) electrons. The van der Waals surface area contributed by atoms with Crippen LogP contribution < -0.4 is 20.3 Å². The number of pyridine rings is 1. The lowest BCUT2D eigenvalue weighted by Gasteiger charge is -2.13. The van der Waals surface area contributed by atoms with Crippen LogP contribution in [0.2, 0.25) is 0 Å². The lowest BCUT2D eigenvalue weighted by Crippen LogP contribution is -2.30. The quantitative estimate of drug-likeness (QED) is 0.556. The Morgan fingerprint density at radius 1 is 1.25 bits per heavy atom. The van der Waals surface area contributed by atoms with Crippen LogP contribution in [0, 0.1) is 0 Å². The van der Waals surface area contributed by atoms with E-state index < -0.39 is 12.4 Å². The van der Waals surface area contributed by atoms with Gasteiger partial charge in [-0.15, -0.1) is 13.2 Å². The summed E-state index contributed by atoms with van der Waals surface area (Å²) in [5.74, 6) is 0.371. The first-order valence-corrected chi connectivity index (χ1v) is 8.28. The van der Waals surface area contributed by atoms with Crippen LogP contribution in [-0.2, 0) is 6.42 Å². The van der Waals surface area contributed by atoms with Gasteiger partial charge in [-0.1, -0.05) is 6.07 Å². The van der Waals surface area contributed by atoms with E-state index in [1.165, 1.54) is 12.1 Å². The number of halogens is 3. The monoisotopic (exact) mass is 395 g/mol. The number of nitrogens with one attached hydrogen (secondary N) is 2. The Balaban J connectivity index is 1.81. The molecule has 0 bridgehead atoms. The second kappa shape index (κ2) is 9.58. The first-order valence-electron chi connectivity index (χ1n) is 8.28. The van der Waals surface area contributed by atoms with Crippen molar-refractivity contribution in [2.45, 2.75) is 12.8 Å². The Kier molecular flexibility index (Phi) is 7.19. The fourth-order valence-electron chi connectivity index (χ4n) is 2.25. The van der Waals surface area contributed by atoms with E-state index in [0.29, 0.717) is 18.7 Å². The summed E-state index contributed by atoms with van der Waals surface area (Å²) < 4.78 is 40.1. The Morgan fingerprint density at radius 2 is 1.96 bits per heavy atom. The fourth-order valence-corrected chi connectivity index (χ4v) is 2.25. The minimum Gasteiger partial charge on any atom is -0.406 e. The highest BCUT2D eigenvalue weighted by Crippen LogP contribution is 2.23. The molecule has 2 N–H and O–H groups in total. The third-order valence-electron chi connectivity index (χ3n) is 3.45. The first kappa shape index (κ1) is 21.0. The molecule has 0 saturated heterocycles. The number of carbonyl (C=O) groups excluding carboxylic acids is 1. The molecule has 0 aliphatic heterocycles. The van der Waals surface area contributed by atoms with Gasteiger partial charge in [-0.2, -0.15) is 0 Å². The Morgan fingerprint density at radius 3 is 2.61 bits per heavy atom. The van der Waals surface area contributed by atoms with E-state index in [1.807, 2.05) is 25.2 Å². The SMILES string of the molecule is CN=CN(C)c1cccc(CCNC(=O)Nc2ccc(OC(F)(F)F)cc2)n1. The molecule has 0 aliphatic rings. The minimum absolute atomic E-state index is 0.336. The predicted molar refractivity (Wildman–Crippen MR) is 101 cm³/mol. The van der Waals surface area contributed by atoms with Crippen molar-refractivity contribution in [1.82, 2.24) is 10.3 Å². The van der Waals surface area contributed by atoms with Crippen molar-refractivity contribution in [3.63, 3.8) is 0 Å². The Labute approximate surface area is 160 Å². The number of alkyl halides is 3. The zero-order valence-corrected chi connectivity index (χ0v) is 15.3. The zero-order valence-electron chi connectivity index (χ0n) is 15.3. The maximum atomic E-state index is 12.1. The Bertz CT molecular complexity index is 810. The van der Waals surface area contributed by atoms with E-state index in [0.717, 1.165) is 23.6 Å². The van der Waals surface area contributed by atoms with Crippen molar-refractivity contribution in [1.29, 1.82) is 0 Å². The zero-order chi connectivity index (χ0) is 20.6. The van der Waals surface area contributed by atoms with Gasteiger partial charge in [0.15, 0.2) is 0 Å². The van der Waals surface area contributed by atoms with Gasteiger partial charge in [0, 0.05) is 38.4 Å². The smallest absolute Gasteiger partial charge is 0.406 e. The molecule has 1 aromatic carbocycles. The second-order valence-electron chi connectivity index (χ2n) is 5.67. The maximum absolute atomic E-state index is 12.1. The summed E-state index contributed by atoms with van der Waals surface area (Å²) in [7, 11) is 3.50. The fraction of sp³-hybridized carbons (Fsp3) is 0.278. The number of hydrogen-bond acceptors (Lipinski definition) is 4. The van der Waals surface area contributed by atoms with Crippen LogP contribution in [0.25, 0.3) is 0 Å². The molecule has 0 aliphatic carbocycles. The molecule has 0 atom stereocenters. The van der Waals surface area contributed by atoms with Crippen LogP contribution >= 0.6 is 0 Å². The summed E-state index contributed by atoms with van der Waals surface area (Å²) in [6.07, 6.45) is -2.60. The molecule has 28 heavy (non-hydrogen) atoms. The summed E-state index contributed by atoms with van der Waals surface area (Å²) in [6.45, 7) is 0.336. The summed E-state index contributed by atoms with van der Waals surface area (Å²) in [5, 5.41) is 5.20. The molecular weight excluding hydrogens is 375 g/mol. The summed E-state index contributed by atoms with van der Waals surface area (Å²) in [6, 6.07) is 9.95. The molecular formula is C18H20F3N5O2. The number of nitrogens with zero attached hydrogens (tertiary/aromatic N) is 3. The number of aliphatic imine (C=N–C) groups is 1. The van der Waals surface area contributed by atoms with Gasteiger partial charge in [-0.3, -0.25) is 4.99 Å². The van der Waals surface area contributed by atoms with E-state index in [2.05, 4.69) is 25.3 Å². The van der Waals surface area contributed by atoms with E-state index >= 15 is 0 Å². The van der Waals surface area contributed by atoms with E-state index in [9.17, 15) is 18.0 Å². The third-order valence-corrected chi connectivity index (χ3v) is 3.45. The molecule has 0 unspecified atom stereocenters. The molecule has 1 heterocycles. The number of rotatable bonds is 7. The van der Waals surface area contributed by atoms with Gasteiger partial charge >= 0.3 is 12.4 Å². The van der Waals surface area contributed by atoms with Gasteiger partial charge in [-0.05, 0) is 36.4 Å². The number of carbonyl (C=O) groups is 1. The van der Waals surface area contributed by atoms with E-state index in [4.69, 9.17) is 0 Å². The van der Waals surface area contributed by atoms with Gasteiger partial charge in [0.05, 0.1) is 6.34 Å². The van der Waals surface area contributed by atoms with Gasteiger partial charge < -0.3 is 20.3 Å². The van der Waals surface area contributed by atoms with Crippen LogP contribution in [0.5, 0.6) is 5.75 Å². The molecule has 2 amide bonds. The van der Waals surface area contributed by atoms with E-state index in [1.54, 1.807) is 18.3 Å². The lowest BCUT2D eigenvalue weighted by molar-refractivity contribution is -0.274. The Hall–Kier alpha value is -3.30. The molecule has 0 spiro atoms. The molecule has 1 aromatic heterocycles. The highest BCUT2D eigenvalue weighted by atomic mass is 19.4. The van der Waals surface area contributed by atoms with Crippen molar-refractivity contribution >= 4 is 23.9 Å². The number of urea groups is 1. The number of ether oxygens (including phenoxy) is 1. The maximum Gasteiger partial charge on any atom is 0.573 e. The lowest BCUT2D eigenvalue weighted by atomic mass is 10.2. The molecule has 2 aromatic rings. The van der Waals surface area contributed by atoms with Gasteiger partial charge in [0.1, 0.15) is 11.6 Å². The highest BCUT2D eigenvalue weighted by Gasteiger charge is 2.30. The summed E-state index contributed by atoms with van der Waals surface area (Å²) in [4.78, 5) is 22.1. The van der Waals surface area contributed by atoms with Crippen molar-refractivity contribution in [3.8, 4) is 5.75 Å². The van der Waals surface area contributed by atoms with Gasteiger partial charge in [0.25, 0.3) is 0 Å². The van der Waals surface area contributed by atoms with Gasteiger partial charge in [0.2, 0.25) is 0 Å².